The van der Waals surface area contributed by atoms with E-state index >= 15 is 0 Å². The first-order valence-electron chi connectivity index (χ1n) is 10.8. The standard InChI is InChI=1S/C18H16.C10H9NO/c1-3-7-15-13(5-1)9-11-18-16-8-4-2-6-14(16)10-12-17(15)18;12-10-7-3-5-8-4-1-2-6-9(8)11-10/h1,3,5-7,9-10,12H,2,4,8,11H2;1-6H,7H2,(H,11,12). The number of hydrogen-bond acceptors (Lipinski definition) is 1. The predicted octanol–water partition coefficient (Wildman–Crippen LogP) is 4.47. The lowest BCUT2D eigenvalue weighted by Crippen LogP contribution is -2.19. The number of hydrogen-bond donors (Lipinski definition) is 1. The van der Waals surface area contributed by atoms with Gasteiger partial charge >= 0.3 is 0 Å². The number of carbonyl (C=O) groups excluding carboxylic acids is 1. The summed E-state index contributed by atoms with van der Waals surface area (Å²) < 4.78 is 0. The molecular weight excluding hydrogens is 366 g/mol. The van der Waals surface area contributed by atoms with Gasteiger partial charge in [-0.05, 0) is 69.3 Å². The van der Waals surface area contributed by atoms with Crippen molar-refractivity contribution in [2.75, 3.05) is 5.32 Å². The Hall–Kier alpha value is -3.39. The molecular formula is C28H25NO. The van der Waals surface area contributed by atoms with Crippen molar-refractivity contribution in [3.63, 3.8) is 0 Å². The predicted molar refractivity (Wildman–Crippen MR) is 124 cm³/mol. The quantitative estimate of drug-likeness (QED) is 0.602. The van der Waals surface area contributed by atoms with E-state index in [0.29, 0.717) is 6.42 Å². The highest BCUT2D eigenvalue weighted by Crippen LogP contribution is 2.19. The smallest absolute Gasteiger partial charge is 0.228 e. The van der Waals surface area contributed by atoms with Crippen LogP contribution in [0.5, 0.6) is 0 Å². The summed E-state index contributed by atoms with van der Waals surface area (Å²) in [4.78, 5) is 11.1. The second-order valence-electron chi connectivity index (χ2n) is 7.99. The van der Waals surface area contributed by atoms with E-state index < -0.39 is 0 Å². The average molecular weight is 392 g/mol. The largest absolute Gasteiger partial charge is 0.325 e. The monoisotopic (exact) mass is 391 g/mol. The van der Waals surface area contributed by atoms with E-state index in [4.69, 9.17) is 0 Å². The summed E-state index contributed by atoms with van der Waals surface area (Å²) in [6.07, 6.45) is 14.0. The molecule has 0 saturated carbocycles. The van der Waals surface area contributed by atoms with E-state index in [0.717, 1.165) is 17.7 Å². The highest BCUT2D eigenvalue weighted by molar-refractivity contribution is 5.96. The van der Waals surface area contributed by atoms with Crippen LogP contribution in [0, 0.1) is 10.4 Å². The van der Waals surface area contributed by atoms with Crippen molar-refractivity contribution in [2.45, 2.75) is 32.1 Å². The van der Waals surface area contributed by atoms with Gasteiger partial charge in [0.2, 0.25) is 5.91 Å². The van der Waals surface area contributed by atoms with Crippen molar-refractivity contribution in [3.8, 4) is 0 Å². The maximum atomic E-state index is 11.1. The normalized spacial score (nSPS) is 15.4. The highest BCUT2D eigenvalue weighted by Gasteiger charge is 2.11. The molecule has 1 N–H and O–H groups in total. The number of amides is 1. The van der Waals surface area contributed by atoms with Crippen LogP contribution in [-0.2, 0) is 17.6 Å². The molecule has 0 spiro atoms. The first kappa shape index (κ1) is 18.6. The molecule has 0 bridgehead atoms. The Kier molecular flexibility index (Phi) is 5.06. The third-order valence-electron chi connectivity index (χ3n) is 6.08. The lowest BCUT2D eigenvalue weighted by atomic mass is 9.89. The molecule has 1 amide bonds. The van der Waals surface area contributed by atoms with Crippen LogP contribution in [0.2, 0.25) is 0 Å². The number of nitrogens with one attached hydrogen (secondary N) is 1. The summed E-state index contributed by atoms with van der Waals surface area (Å²) in [5.74, 6) is 0.0520. The molecule has 2 nitrogen and oxygen atoms in total. The lowest BCUT2D eigenvalue weighted by Gasteiger charge is -2.16. The fraction of sp³-hybridized carbons (Fsp3) is 0.179. The molecule has 6 rings (SSSR count). The maximum Gasteiger partial charge on any atom is 0.228 e. The summed E-state index contributed by atoms with van der Waals surface area (Å²) >= 11 is 0. The van der Waals surface area contributed by atoms with E-state index in [2.05, 4.69) is 53.9 Å². The van der Waals surface area contributed by atoms with Crippen LogP contribution in [-0.4, -0.2) is 5.91 Å². The van der Waals surface area contributed by atoms with Crippen molar-refractivity contribution in [2.24, 2.45) is 0 Å². The van der Waals surface area contributed by atoms with Gasteiger partial charge in [0.15, 0.2) is 0 Å². The second kappa shape index (κ2) is 8.16. The summed E-state index contributed by atoms with van der Waals surface area (Å²) in [6, 6.07) is 21.2. The van der Waals surface area contributed by atoms with Gasteiger partial charge in [0.05, 0.1) is 0 Å². The van der Waals surface area contributed by atoms with Crippen LogP contribution in [0.3, 0.4) is 0 Å². The molecule has 148 valence electrons. The van der Waals surface area contributed by atoms with Gasteiger partial charge in [-0.1, -0.05) is 78.9 Å². The van der Waals surface area contributed by atoms with Gasteiger partial charge in [0, 0.05) is 12.1 Å². The summed E-state index contributed by atoms with van der Waals surface area (Å²) in [5.41, 5.74) is 5.14. The van der Waals surface area contributed by atoms with Crippen molar-refractivity contribution in [3.05, 3.63) is 104 Å². The SMILES string of the molecule is C1=c2ccc3c(c2CCC1)CC=c1ccccc1=3.O=C1CC=Cc2ccccc2N1. The Morgan fingerprint density at radius 3 is 2.57 bits per heavy atom. The number of para-hydroxylation sites is 1. The Bertz CT molecular complexity index is 1360. The third kappa shape index (κ3) is 3.61. The minimum atomic E-state index is 0.0520. The number of rotatable bonds is 0. The van der Waals surface area contributed by atoms with E-state index in [1.165, 1.54) is 40.1 Å². The van der Waals surface area contributed by atoms with Crippen LogP contribution in [0.25, 0.3) is 18.2 Å². The zero-order valence-electron chi connectivity index (χ0n) is 17.0. The molecule has 0 saturated heterocycles. The average Bonchev–Trinajstić information content (AvgIpc) is 2.99. The Balaban J connectivity index is 0.000000140. The molecule has 0 radical (unpaired) electrons. The van der Waals surface area contributed by atoms with Gasteiger partial charge in [-0.2, -0.15) is 0 Å². The first-order valence-corrected chi connectivity index (χ1v) is 10.8. The molecule has 0 atom stereocenters. The third-order valence-corrected chi connectivity index (χ3v) is 6.08. The molecule has 0 aromatic heterocycles. The molecule has 2 aliphatic carbocycles. The van der Waals surface area contributed by atoms with Gasteiger partial charge in [-0.3, -0.25) is 4.79 Å². The molecule has 3 aliphatic rings. The van der Waals surface area contributed by atoms with E-state index in [9.17, 15) is 4.79 Å². The van der Waals surface area contributed by atoms with Gasteiger partial charge < -0.3 is 5.32 Å². The minimum Gasteiger partial charge on any atom is -0.325 e. The summed E-state index contributed by atoms with van der Waals surface area (Å²) in [6.45, 7) is 0. The molecule has 1 heterocycles. The van der Waals surface area contributed by atoms with Gasteiger partial charge in [-0.15, -0.1) is 0 Å². The maximum absolute atomic E-state index is 11.1. The van der Waals surface area contributed by atoms with E-state index in [1.807, 2.05) is 36.4 Å². The van der Waals surface area contributed by atoms with Crippen LogP contribution in [0.1, 0.15) is 36.0 Å². The minimum absolute atomic E-state index is 0.0520. The van der Waals surface area contributed by atoms with Crippen LogP contribution in [0.15, 0.2) is 66.7 Å². The Morgan fingerprint density at radius 1 is 0.733 bits per heavy atom. The van der Waals surface area contributed by atoms with Crippen LogP contribution < -0.4 is 15.8 Å². The summed E-state index contributed by atoms with van der Waals surface area (Å²) in [7, 11) is 0. The molecule has 2 heteroatoms. The zero-order valence-corrected chi connectivity index (χ0v) is 17.0. The van der Waals surface area contributed by atoms with Crippen LogP contribution >= 0.6 is 0 Å². The van der Waals surface area contributed by atoms with Crippen molar-refractivity contribution in [1.29, 1.82) is 0 Å². The first-order chi connectivity index (χ1) is 14.8. The van der Waals surface area contributed by atoms with E-state index in [-0.39, 0.29) is 5.91 Å². The molecule has 0 fully saturated rings. The Labute approximate surface area is 176 Å². The van der Waals surface area contributed by atoms with Crippen LogP contribution in [0.4, 0.5) is 5.69 Å². The molecule has 30 heavy (non-hydrogen) atoms. The second-order valence-corrected chi connectivity index (χ2v) is 7.99. The zero-order chi connectivity index (χ0) is 20.3. The molecule has 1 aliphatic heterocycles. The molecule has 3 aromatic rings. The number of carbonyl (C=O) groups is 1. The fourth-order valence-electron chi connectivity index (χ4n) is 4.60. The lowest BCUT2D eigenvalue weighted by molar-refractivity contribution is -0.115. The summed E-state index contributed by atoms with van der Waals surface area (Å²) in [5, 5.41) is 8.56. The van der Waals surface area contributed by atoms with Crippen molar-refractivity contribution in [1.82, 2.24) is 0 Å². The van der Waals surface area contributed by atoms with E-state index in [1.54, 1.807) is 11.1 Å². The molecule has 3 aromatic carbocycles. The van der Waals surface area contributed by atoms with Crippen molar-refractivity contribution < 1.29 is 4.79 Å². The topological polar surface area (TPSA) is 29.1 Å². The van der Waals surface area contributed by atoms with Gasteiger partial charge in [0.1, 0.15) is 0 Å². The number of benzene rings is 3. The van der Waals surface area contributed by atoms with Gasteiger partial charge in [-0.25, -0.2) is 0 Å². The Morgan fingerprint density at radius 2 is 1.60 bits per heavy atom. The van der Waals surface area contributed by atoms with Crippen molar-refractivity contribution >= 4 is 29.8 Å². The number of anilines is 1. The highest BCUT2D eigenvalue weighted by atomic mass is 16.1. The van der Waals surface area contributed by atoms with Gasteiger partial charge in [0.25, 0.3) is 0 Å². The molecule has 0 unspecified atom stereocenters. The fourth-order valence-corrected chi connectivity index (χ4v) is 4.60. The number of fused-ring (bicyclic) bond motifs is 5.